The minimum Gasteiger partial charge on any atom is -0.477 e. The lowest BCUT2D eigenvalue weighted by molar-refractivity contribution is -0.133. The van der Waals surface area contributed by atoms with E-state index in [9.17, 15) is 4.79 Å². The van der Waals surface area contributed by atoms with Crippen molar-refractivity contribution < 1.29 is 9.53 Å². The molecule has 1 amide bonds. The van der Waals surface area contributed by atoms with Crippen LogP contribution in [0.4, 0.5) is 0 Å². The normalized spacial score (nSPS) is 16.5. The Morgan fingerprint density at radius 2 is 2.17 bits per heavy atom. The summed E-state index contributed by atoms with van der Waals surface area (Å²) in [5.41, 5.74) is 1.20. The lowest BCUT2D eigenvalue weighted by Crippen LogP contribution is -2.33. The first-order chi connectivity index (χ1) is 8.72. The van der Waals surface area contributed by atoms with Crippen molar-refractivity contribution >= 4 is 5.91 Å². The zero-order chi connectivity index (χ0) is 13.0. The van der Waals surface area contributed by atoms with Gasteiger partial charge < -0.3 is 4.74 Å². The van der Waals surface area contributed by atoms with E-state index >= 15 is 0 Å². The molecule has 1 fully saturated rings. The van der Waals surface area contributed by atoms with Crippen molar-refractivity contribution in [3.8, 4) is 0 Å². The molecule has 0 N–H and O–H groups in total. The molecule has 0 aromatic heterocycles. The molecule has 0 spiro atoms. The molecule has 1 aromatic carbocycles. The van der Waals surface area contributed by atoms with E-state index in [-0.39, 0.29) is 11.8 Å². The van der Waals surface area contributed by atoms with E-state index in [0.717, 1.165) is 12.8 Å². The van der Waals surface area contributed by atoms with Crippen LogP contribution in [0, 0.1) is 5.92 Å². The van der Waals surface area contributed by atoms with Crippen LogP contribution in [0.5, 0.6) is 0 Å². The third-order valence-corrected chi connectivity index (χ3v) is 3.32. The molecule has 0 aliphatic carbocycles. The summed E-state index contributed by atoms with van der Waals surface area (Å²) in [4.78, 5) is 14.0. The fourth-order valence-electron chi connectivity index (χ4n) is 2.22. The quantitative estimate of drug-likeness (QED) is 0.816. The van der Waals surface area contributed by atoms with E-state index in [1.54, 1.807) is 4.90 Å². The monoisotopic (exact) mass is 245 g/mol. The van der Waals surface area contributed by atoms with Crippen molar-refractivity contribution in [1.29, 1.82) is 0 Å². The highest BCUT2D eigenvalue weighted by Crippen LogP contribution is 2.20. The smallest absolute Gasteiger partial charge is 0.232 e. The van der Waals surface area contributed by atoms with Crippen LogP contribution in [0.25, 0.3) is 0 Å². The zero-order valence-corrected chi connectivity index (χ0v) is 10.8. The number of hydrogen-bond donors (Lipinski definition) is 0. The molecular formula is C15H19NO2. The third kappa shape index (κ3) is 2.73. The zero-order valence-electron chi connectivity index (χ0n) is 10.8. The van der Waals surface area contributed by atoms with Gasteiger partial charge in [0.15, 0.2) is 5.88 Å². The summed E-state index contributed by atoms with van der Waals surface area (Å²) in [7, 11) is 0. The number of benzene rings is 1. The molecule has 0 unspecified atom stereocenters. The molecule has 1 aromatic rings. The molecule has 0 bridgehead atoms. The van der Waals surface area contributed by atoms with E-state index < -0.39 is 0 Å². The number of carbonyl (C=O) groups is 1. The van der Waals surface area contributed by atoms with Gasteiger partial charge in [0.2, 0.25) is 5.91 Å². The van der Waals surface area contributed by atoms with Gasteiger partial charge in [-0.25, -0.2) is 0 Å². The first-order valence-electron chi connectivity index (χ1n) is 6.39. The van der Waals surface area contributed by atoms with Gasteiger partial charge in [-0.3, -0.25) is 9.69 Å². The van der Waals surface area contributed by atoms with Crippen molar-refractivity contribution in [3.63, 3.8) is 0 Å². The van der Waals surface area contributed by atoms with Gasteiger partial charge in [0, 0.05) is 5.92 Å². The Morgan fingerprint density at radius 3 is 2.72 bits per heavy atom. The summed E-state index contributed by atoms with van der Waals surface area (Å²) in [5, 5.41) is 0. The number of rotatable bonds is 4. The van der Waals surface area contributed by atoms with Crippen molar-refractivity contribution in [2.24, 2.45) is 5.92 Å². The first-order valence-corrected chi connectivity index (χ1v) is 6.39. The largest absolute Gasteiger partial charge is 0.477 e. The Morgan fingerprint density at radius 1 is 1.44 bits per heavy atom. The van der Waals surface area contributed by atoms with E-state index in [1.807, 2.05) is 25.1 Å². The highest BCUT2D eigenvalue weighted by atomic mass is 16.5. The summed E-state index contributed by atoms with van der Waals surface area (Å²) < 4.78 is 5.24. The maximum Gasteiger partial charge on any atom is 0.232 e. The molecule has 96 valence electrons. The Kier molecular flexibility index (Phi) is 4.03. The van der Waals surface area contributed by atoms with Crippen LogP contribution in [-0.4, -0.2) is 24.0 Å². The van der Waals surface area contributed by atoms with Crippen molar-refractivity contribution in [2.75, 3.05) is 13.2 Å². The molecule has 3 heteroatoms. The molecule has 0 saturated carbocycles. The molecule has 1 saturated heterocycles. The number of ether oxygens (including phenoxy) is 1. The van der Waals surface area contributed by atoms with Crippen LogP contribution >= 0.6 is 0 Å². The van der Waals surface area contributed by atoms with Crippen molar-refractivity contribution in [3.05, 3.63) is 48.4 Å². The predicted octanol–water partition coefficient (Wildman–Crippen LogP) is 2.59. The minimum atomic E-state index is 0.00542. The average Bonchev–Trinajstić information content (AvgIpc) is 2.82. The Hall–Kier alpha value is -1.77. The molecule has 1 aliphatic heterocycles. The van der Waals surface area contributed by atoms with Crippen LogP contribution in [0.2, 0.25) is 0 Å². The highest BCUT2D eigenvalue weighted by molar-refractivity contribution is 5.80. The van der Waals surface area contributed by atoms with E-state index in [2.05, 4.69) is 18.7 Å². The fourth-order valence-corrected chi connectivity index (χ4v) is 2.22. The van der Waals surface area contributed by atoms with Crippen molar-refractivity contribution in [1.82, 2.24) is 4.90 Å². The maximum absolute atomic E-state index is 12.4. The summed E-state index contributed by atoms with van der Waals surface area (Å²) >= 11 is 0. The van der Waals surface area contributed by atoms with E-state index in [1.165, 1.54) is 5.56 Å². The molecule has 2 rings (SSSR count). The fraction of sp³-hybridized carbons (Fsp3) is 0.400. The Balaban J connectivity index is 2.04. The van der Waals surface area contributed by atoms with Gasteiger partial charge in [-0.15, -0.1) is 0 Å². The molecular weight excluding hydrogens is 226 g/mol. The second-order valence-electron chi connectivity index (χ2n) is 4.53. The maximum atomic E-state index is 12.4. The van der Waals surface area contributed by atoms with Gasteiger partial charge in [0.1, 0.15) is 6.61 Å². The second kappa shape index (κ2) is 5.71. The average molecular weight is 245 g/mol. The molecule has 18 heavy (non-hydrogen) atoms. The molecule has 1 heterocycles. The minimum absolute atomic E-state index is 0.00542. The third-order valence-electron chi connectivity index (χ3n) is 3.32. The van der Waals surface area contributed by atoms with Gasteiger partial charge in [-0.05, 0) is 25.0 Å². The van der Waals surface area contributed by atoms with Crippen LogP contribution < -0.4 is 0 Å². The molecule has 1 atom stereocenters. The van der Waals surface area contributed by atoms with Gasteiger partial charge in [-0.2, -0.15) is 0 Å². The predicted molar refractivity (Wildman–Crippen MR) is 70.7 cm³/mol. The standard InChI is InChI=1S/C15H19NO2/c1-3-14(11-13-7-5-4-6-8-13)15(17)16-9-10-18-12(16)2/h4-8,14H,2-3,9-11H2,1H3/t14-/m0/s1. The van der Waals surface area contributed by atoms with E-state index in [4.69, 9.17) is 4.74 Å². The van der Waals surface area contributed by atoms with Gasteiger partial charge in [-0.1, -0.05) is 37.3 Å². The number of hydrogen-bond acceptors (Lipinski definition) is 2. The van der Waals surface area contributed by atoms with Gasteiger partial charge in [0.05, 0.1) is 6.54 Å². The first kappa shape index (κ1) is 12.7. The van der Waals surface area contributed by atoms with Crippen molar-refractivity contribution in [2.45, 2.75) is 19.8 Å². The van der Waals surface area contributed by atoms with Crippen LogP contribution in [0.1, 0.15) is 18.9 Å². The van der Waals surface area contributed by atoms with Crippen LogP contribution in [0.15, 0.2) is 42.8 Å². The number of carbonyl (C=O) groups excluding carboxylic acids is 1. The molecule has 3 nitrogen and oxygen atoms in total. The Labute approximate surface area is 108 Å². The highest BCUT2D eigenvalue weighted by Gasteiger charge is 2.28. The second-order valence-corrected chi connectivity index (χ2v) is 4.53. The summed E-state index contributed by atoms with van der Waals surface area (Å²) in [6.07, 6.45) is 1.61. The Bertz CT molecular complexity index is 427. The number of amides is 1. The summed E-state index contributed by atoms with van der Waals surface area (Å²) in [6.45, 7) is 7.00. The lowest BCUT2D eigenvalue weighted by atomic mass is 9.95. The SMILES string of the molecule is C=C1OCCN1C(=O)[C@@H](CC)Cc1ccccc1. The summed E-state index contributed by atoms with van der Waals surface area (Å²) in [5.74, 6) is 0.626. The van der Waals surface area contributed by atoms with Crippen LogP contribution in [-0.2, 0) is 16.0 Å². The lowest BCUT2D eigenvalue weighted by Gasteiger charge is -2.21. The van der Waals surface area contributed by atoms with Crippen LogP contribution in [0.3, 0.4) is 0 Å². The molecule has 0 radical (unpaired) electrons. The van der Waals surface area contributed by atoms with E-state index in [0.29, 0.717) is 19.0 Å². The number of nitrogens with zero attached hydrogens (tertiary/aromatic N) is 1. The van der Waals surface area contributed by atoms with Gasteiger partial charge >= 0.3 is 0 Å². The topological polar surface area (TPSA) is 29.5 Å². The molecule has 1 aliphatic rings. The van der Waals surface area contributed by atoms with Gasteiger partial charge in [0.25, 0.3) is 0 Å². The summed E-state index contributed by atoms with van der Waals surface area (Å²) in [6, 6.07) is 10.1.